The van der Waals surface area contributed by atoms with E-state index in [2.05, 4.69) is 10.3 Å². The predicted molar refractivity (Wildman–Crippen MR) is 58.1 cm³/mol. The molecule has 0 atom stereocenters. The van der Waals surface area contributed by atoms with E-state index in [-0.39, 0.29) is 11.4 Å². The number of rotatable bonds is 3. The van der Waals surface area contributed by atoms with Crippen LogP contribution in [0.3, 0.4) is 0 Å². The molecule has 7 nitrogen and oxygen atoms in total. The second kappa shape index (κ2) is 4.12. The Bertz CT molecular complexity index is 591. The second-order valence-electron chi connectivity index (χ2n) is 3.43. The van der Waals surface area contributed by atoms with Crippen LogP contribution in [0.2, 0.25) is 0 Å². The number of aldehydes is 1. The van der Waals surface area contributed by atoms with Crippen LogP contribution in [-0.2, 0) is 0 Å². The van der Waals surface area contributed by atoms with Gasteiger partial charge in [-0.1, -0.05) is 11.3 Å². The molecule has 7 heteroatoms. The Kier molecular flexibility index (Phi) is 2.65. The molecular weight excluding hydrogens is 224 g/mol. The molecule has 0 aliphatic carbocycles. The van der Waals surface area contributed by atoms with Gasteiger partial charge in [0.1, 0.15) is 5.69 Å². The van der Waals surface area contributed by atoms with Gasteiger partial charge in [-0.2, -0.15) is 0 Å². The van der Waals surface area contributed by atoms with Gasteiger partial charge in [0.25, 0.3) is 5.69 Å². The van der Waals surface area contributed by atoms with E-state index in [4.69, 9.17) is 0 Å². The molecule has 86 valence electrons. The van der Waals surface area contributed by atoms with Gasteiger partial charge in [-0.05, 0) is 12.5 Å². The van der Waals surface area contributed by atoms with Crippen LogP contribution >= 0.6 is 0 Å². The predicted octanol–water partition coefficient (Wildman–Crippen LogP) is 1.30. The smallest absolute Gasteiger partial charge is 0.271 e. The van der Waals surface area contributed by atoms with Crippen molar-refractivity contribution in [2.24, 2.45) is 0 Å². The van der Waals surface area contributed by atoms with Crippen LogP contribution in [0, 0.1) is 17.0 Å². The van der Waals surface area contributed by atoms with E-state index in [0.717, 1.165) is 5.56 Å². The fourth-order valence-electron chi connectivity index (χ4n) is 1.41. The monoisotopic (exact) mass is 232 g/mol. The average Bonchev–Trinajstić information content (AvgIpc) is 2.77. The highest BCUT2D eigenvalue weighted by molar-refractivity contribution is 5.71. The van der Waals surface area contributed by atoms with E-state index in [1.165, 1.54) is 23.0 Å². The van der Waals surface area contributed by atoms with Gasteiger partial charge in [0.05, 0.1) is 16.8 Å². The summed E-state index contributed by atoms with van der Waals surface area (Å²) in [6.45, 7) is 1.79. The van der Waals surface area contributed by atoms with Gasteiger partial charge in [-0.25, -0.2) is 4.68 Å². The highest BCUT2D eigenvalue weighted by atomic mass is 16.6. The molecule has 2 aromatic rings. The van der Waals surface area contributed by atoms with E-state index < -0.39 is 4.92 Å². The van der Waals surface area contributed by atoms with Crippen molar-refractivity contribution in [2.75, 3.05) is 0 Å². The number of aromatic nitrogens is 3. The van der Waals surface area contributed by atoms with Crippen LogP contribution < -0.4 is 0 Å². The van der Waals surface area contributed by atoms with Crippen molar-refractivity contribution in [1.82, 2.24) is 15.0 Å². The lowest BCUT2D eigenvalue weighted by Gasteiger charge is -2.03. The second-order valence-corrected chi connectivity index (χ2v) is 3.43. The van der Waals surface area contributed by atoms with Gasteiger partial charge in [-0.3, -0.25) is 14.9 Å². The van der Waals surface area contributed by atoms with Gasteiger partial charge in [0.2, 0.25) is 0 Å². The van der Waals surface area contributed by atoms with E-state index in [9.17, 15) is 14.9 Å². The summed E-state index contributed by atoms with van der Waals surface area (Å²) in [6, 6.07) is 4.42. The summed E-state index contributed by atoms with van der Waals surface area (Å²) in [5.74, 6) is 0. The summed E-state index contributed by atoms with van der Waals surface area (Å²) in [6.07, 6.45) is 1.98. The lowest BCUT2D eigenvalue weighted by Crippen LogP contribution is -1.99. The van der Waals surface area contributed by atoms with Crippen LogP contribution in [0.15, 0.2) is 24.4 Å². The molecule has 0 spiro atoms. The molecule has 0 amide bonds. The van der Waals surface area contributed by atoms with Crippen molar-refractivity contribution < 1.29 is 9.72 Å². The lowest BCUT2D eigenvalue weighted by molar-refractivity contribution is -0.384. The molecule has 0 saturated carbocycles. The number of carbonyl (C=O) groups excluding carboxylic acids is 1. The summed E-state index contributed by atoms with van der Waals surface area (Å²) in [5, 5.41) is 18.0. The molecule has 2 rings (SSSR count). The first-order chi connectivity index (χ1) is 8.11. The van der Waals surface area contributed by atoms with Crippen LogP contribution in [-0.4, -0.2) is 26.2 Å². The number of carbonyl (C=O) groups is 1. The first-order valence-electron chi connectivity index (χ1n) is 4.75. The Morgan fingerprint density at radius 2 is 2.24 bits per heavy atom. The molecule has 0 unspecified atom stereocenters. The van der Waals surface area contributed by atoms with Crippen molar-refractivity contribution in [1.29, 1.82) is 0 Å². The molecule has 1 aromatic carbocycles. The van der Waals surface area contributed by atoms with Gasteiger partial charge in [0.15, 0.2) is 6.29 Å². The van der Waals surface area contributed by atoms with Gasteiger partial charge >= 0.3 is 0 Å². The molecule has 0 fully saturated rings. The third-order valence-corrected chi connectivity index (χ3v) is 2.28. The summed E-state index contributed by atoms with van der Waals surface area (Å²) in [7, 11) is 0. The number of non-ortho nitro benzene ring substituents is 1. The van der Waals surface area contributed by atoms with E-state index in [1.54, 1.807) is 13.0 Å². The van der Waals surface area contributed by atoms with Crippen molar-refractivity contribution in [3.63, 3.8) is 0 Å². The summed E-state index contributed by atoms with van der Waals surface area (Å²) in [5.41, 5.74) is 1.47. The molecule has 0 bridgehead atoms. The Morgan fingerprint density at radius 1 is 1.47 bits per heavy atom. The van der Waals surface area contributed by atoms with E-state index in [0.29, 0.717) is 12.0 Å². The Morgan fingerprint density at radius 3 is 2.82 bits per heavy atom. The largest absolute Gasteiger partial charge is 0.296 e. The summed E-state index contributed by atoms with van der Waals surface area (Å²) >= 11 is 0. The Balaban J connectivity index is 2.53. The molecule has 17 heavy (non-hydrogen) atoms. The van der Waals surface area contributed by atoms with Crippen LogP contribution in [0.4, 0.5) is 5.69 Å². The number of nitro groups is 1. The number of aryl methyl sites for hydroxylation is 1. The van der Waals surface area contributed by atoms with Gasteiger partial charge in [-0.15, -0.1) is 5.10 Å². The van der Waals surface area contributed by atoms with Gasteiger partial charge in [0, 0.05) is 12.1 Å². The molecule has 1 aromatic heterocycles. The number of hydrogen-bond donors (Lipinski definition) is 0. The third kappa shape index (κ3) is 2.03. The quantitative estimate of drug-likeness (QED) is 0.451. The fourth-order valence-corrected chi connectivity index (χ4v) is 1.41. The lowest BCUT2D eigenvalue weighted by atomic mass is 10.2. The van der Waals surface area contributed by atoms with Crippen molar-refractivity contribution >= 4 is 12.0 Å². The minimum absolute atomic E-state index is 0.0336. The SMILES string of the molecule is Cc1ccc([N+](=O)[O-])cc1-n1cc(C=O)nn1. The highest BCUT2D eigenvalue weighted by Crippen LogP contribution is 2.20. The molecule has 1 heterocycles. The maximum Gasteiger partial charge on any atom is 0.271 e. The number of nitro benzene ring substituents is 1. The number of nitrogens with zero attached hydrogens (tertiary/aromatic N) is 4. The first-order valence-corrected chi connectivity index (χ1v) is 4.75. The molecule has 0 N–H and O–H groups in total. The maximum absolute atomic E-state index is 10.7. The van der Waals surface area contributed by atoms with Crippen LogP contribution in [0.5, 0.6) is 0 Å². The van der Waals surface area contributed by atoms with Crippen molar-refractivity contribution in [3.05, 3.63) is 45.8 Å². The third-order valence-electron chi connectivity index (χ3n) is 2.28. The minimum Gasteiger partial charge on any atom is -0.296 e. The summed E-state index contributed by atoms with van der Waals surface area (Å²) < 4.78 is 1.34. The van der Waals surface area contributed by atoms with E-state index in [1.807, 2.05) is 0 Å². The van der Waals surface area contributed by atoms with Crippen molar-refractivity contribution in [3.8, 4) is 5.69 Å². The molecular formula is C10H8N4O3. The fraction of sp³-hybridized carbons (Fsp3) is 0.100. The number of benzene rings is 1. The Labute approximate surface area is 95.8 Å². The zero-order valence-corrected chi connectivity index (χ0v) is 8.90. The minimum atomic E-state index is -0.486. The zero-order valence-electron chi connectivity index (χ0n) is 8.90. The molecule has 0 aliphatic heterocycles. The zero-order chi connectivity index (χ0) is 12.4. The van der Waals surface area contributed by atoms with Crippen LogP contribution in [0.1, 0.15) is 16.1 Å². The van der Waals surface area contributed by atoms with E-state index >= 15 is 0 Å². The maximum atomic E-state index is 10.7. The van der Waals surface area contributed by atoms with Crippen LogP contribution in [0.25, 0.3) is 5.69 Å². The van der Waals surface area contributed by atoms with Gasteiger partial charge < -0.3 is 0 Å². The highest BCUT2D eigenvalue weighted by Gasteiger charge is 2.11. The molecule has 0 radical (unpaired) electrons. The molecule has 0 saturated heterocycles. The number of hydrogen-bond acceptors (Lipinski definition) is 5. The topological polar surface area (TPSA) is 90.9 Å². The average molecular weight is 232 g/mol. The standard InChI is InChI=1S/C10H8N4O3/c1-7-2-3-9(14(16)17)4-10(7)13-5-8(6-15)11-12-13/h2-6H,1H3. The summed E-state index contributed by atoms with van der Waals surface area (Å²) in [4.78, 5) is 20.7. The van der Waals surface area contributed by atoms with Crippen molar-refractivity contribution in [2.45, 2.75) is 6.92 Å². The molecule has 0 aliphatic rings. The first kappa shape index (κ1) is 10.9. The normalized spacial score (nSPS) is 10.2. The Hall–Kier alpha value is -2.57.